The van der Waals surface area contributed by atoms with Crippen molar-refractivity contribution in [2.75, 3.05) is 10.6 Å². The lowest BCUT2D eigenvalue weighted by Gasteiger charge is -2.24. The highest BCUT2D eigenvalue weighted by Gasteiger charge is 2.32. The quantitative estimate of drug-likeness (QED) is 0.219. The lowest BCUT2D eigenvalue weighted by atomic mass is 10.1. The minimum absolute atomic E-state index is 0.0417. The van der Waals surface area contributed by atoms with Gasteiger partial charge in [0.15, 0.2) is 0 Å². The van der Waals surface area contributed by atoms with Crippen LogP contribution in [0.15, 0.2) is 121 Å². The van der Waals surface area contributed by atoms with E-state index in [-0.39, 0.29) is 4.90 Å². The van der Waals surface area contributed by atoms with Crippen LogP contribution in [-0.4, -0.2) is 15.0 Å². The normalized spacial score (nSPS) is 10.9. The summed E-state index contributed by atoms with van der Waals surface area (Å²) >= 11 is 3.67. The molecule has 5 aromatic rings. The molecule has 0 spiro atoms. The largest absolute Gasteiger partial charge is 0.417 e. The van der Waals surface area contributed by atoms with Gasteiger partial charge in [0.2, 0.25) is 0 Å². The minimum Gasteiger partial charge on any atom is -0.382 e. The van der Waals surface area contributed by atoms with Crippen molar-refractivity contribution in [2.45, 2.75) is 24.2 Å². The van der Waals surface area contributed by atoms with Gasteiger partial charge >= 0.3 is 6.18 Å². The Morgan fingerprint density at radius 3 is 1.87 bits per heavy atom. The summed E-state index contributed by atoms with van der Waals surface area (Å²) in [7, 11) is 0. The molecule has 0 radical (unpaired) electrons. The van der Waals surface area contributed by atoms with Crippen LogP contribution in [0.2, 0.25) is 0 Å². The first-order chi connectivity index (χ1) is 18.8. The van der Waals surface area contributed by atoms with E-state index in [1.165, 1.54) is 29.3 Å². The highest BCUT2D eigenvalue weighted by molar-refractivity contribution is 7.80. The Bertz CT molecular complexity index is 1460. The molecule has 0 fully saturated rings. The number of pyridine rings is 1. The number of aromatic nitrogens is 3. The number of halogens is 3. The molecule has 0 atom stereocenters. The van der Waals surface area contributed by atoms with Crippen molar-refractivity contribution in [3.63, 3.8) is 0 Å². The van der Waals surface area contributed by atoms with Gasteiger partial charge in [0.05, 0.1) is 5.56 Å². The van der Waals surface area contributed by atoms with Crippen molar-refractivity contribution in [3.8, 4) is 11.3 Å². The van der Waals surface area contributed by atoms with Crippen LogP contribution in [0.25, 0.3) is 11.3 Å². The molecule has 39 heavy (non-hydrogen) atoms. The van der Waals surface area contributed by atoms with Crippen LogP contribution in [-0.2, 0) is 19.3 Å². The zero-order valence-electron chi connectivity index (χ0n) is 20.8. The molecule has 0 unspecified atom stereocenters. The molecule has 9 heteroatoms. The fraction of sp³-hybridized carbons (Fsp3) is 0.100. The van der Waals surface area contributed by atoms with Crippen LogP contribution in [0.5, 0.6) is 0 Å². The summed E-state index contributed by atoms with van der Waals surface area (Å²) in [5.41, 5.74) is 9.36. The van der Waals surface area contributed by atoms with Gasteiger partial charge in [0.1, 0.15) is 17.3 Å². The molecule has 198 valence electrons. The van der Waals surface area contributed by atoms with E-state index in [1.807, 2.05) is 42.6 Å². The van der Waals surface area contributed by atoms with Gasteiger partial charge in [0, 0.05) is 42.1 Å². The number of anilines is 2. The molecule has 0 amide bonds. The highest BCUT2D eigenvalue weighted by Crippen LogP contribution is 2.33. The number of nitrogens with two attached hydrogens (primary N) is 1. The molecule has 0 saturated carbocycles. The van der Waals surface area contributed by atoms with Gasteiger partial charge in [-0.05, 0) is 35.4 Å². The van der Waals surface area contributed by atoms with Crippen LogP contribution in [0.1, 0.15) is 16.7 Å². The average Bonchev–Trinajstić information content (AvgIpc) is 2.94. The minimum atomic E-state index is -4.29. The van der Waals surface area contributed by atoms with Gasteiger partial charge in [-0.15, -0.1) is 12.6 Å². The summed E-state index contributed by atoms with van der Waals surface area (Å²) in [5, 5.41) is 0. The highest BCUT2D eigenvalue weighted by atomic mass is 32.1. The predicted molar refractivity (Wildman–Crippen MR) is 151 cm³/mol. The molecular weight excluding hydrogens is 519 g/mol. The Balaban J connectivity index is 0.000000270. The van der Waals surface area contributed by atoms with Gasteiger partial charge < -0.3 is 10.6 Å². The number of thiol groups is 1. The first-order valence-corrected chi connectivity index (χ1v) is 12.5. The summed E-state index contributed by atoms with van der Waals surface area (Å²) in [4.78, 5) is 15.2. The van der Waals surface area contributed by atoms with Gasteiger partial charge in [-0.3, -0.25) is 4.98 Å². The molecule has 0 aliphatic rings. The maximum absolute atomic E-state index is 12.0. The van der Waals surface area contributed by atoms with Crippen LogP contribution in [0.3, 0.4) is 0 Å². The van der Waals surface area contributed by atoms with E-state index in [0.29, 0.717) is 11.5 Å². The summed E-state index contributed by atoms with van der Waals surface area (Å²) in [5.74, 6) is 1.39. The first kappa shape index (κ1) is 27.7. The molecular formula is C30H26F3N5S. The third kappa shape index (κ3) is 7.81. The number of nitrogens with zero attached hydrogens (tertiary/aromatic N) is 4. The molecule has 5 nitrogen and oxygen atoms in total. The lowest BCUT2D eigenvalue weighted by Crippen LogP contribution is -2.23. The third-order valence-electron chi connectivity index (χ3n) is 5.73. The van der Waals surface area contributed by atoms with E-state index < -0.39 is 11.7 Å². The Labute approximate surface area is 230 Å². The van der Waals surface area contributed by atoms with Gasteiger partial charge in [-0.2, -0.15) is 13.2 Å². The summed E-state index contributed by atoms with van der Waals surface area (Å²) in [6.45, 7) is 1.54. The topological polar surface area (TPSA) is 67.9 Å². The SMILES string of the molecule is FC(F)(F)c1ccccc1S.Nc1nccnc1-c1ccc(CN(Cc2ccccc2)c2ccccn2)cc1. The maximum Gasteiger partial charge on any atom is 0.417 e. The summed E-state index contributed by atoms with van der Waals surface area (Å²) in [6, 6.07) is 29.9. The van der Waals surface area contributed by atoms with Gasteiger partial charge in [-0.25, -0.2) is 9.97 Å². The van der Waals surface area contributed by atoms with Crippen molar-refractivity contribution in [2.24, 2.45) is 0 Å². The molecule has 2 N–H and O–H groups in total. The van der Waals surface area contributed by atoms with E-state index in [4.69, 9.17) is 5.73 Å². The van der Waals surface area contributed by atoms with E-state index in [2.05, 4.69) is 68.9 Å². The van der Waals surface area contributed by atoms with E-state index in [9.17, 15) is 13.2 Å². The second-order valence-electron chi connectivity index (χ2n) is 8.53. The molecule has 0 aliphatic carbocycles. The molecule has 3 aromatic carbocycles. The number of nitrogen functional groups attached to an aromatic ring is 1. The molecule has 2 aromatic heterocycles. The second-order valence-corrected chi connectivity index (χ2v) is 9.01. The monoisotopic (exact) mass is 545 g/mol. The Kier molecular flexibility index (Phi) is 9.17. The number of hydrogen-bond acceptors (Lipinski definition) is 6. The molecule has 0 bridgehead atoms. The van der Waals surface area contributed by atoms with Crippen molar-refractivity contribution in [1.82, 2.24) is 15.0 Å². The first-order valence-electron chi connectivity index (χ1n) is 12.0. The van der Waals surface area contributed by atoms with Crippen LogP contribution >= 0.6 is 12.6 Å². The number of rotatable bonds is 6. The number of alkyl halides is 3. The predicted octanol–water partition coefficient (Wildman–Crippen LogP) is 7.32. The molecule has 0 saturated heterocycles. The van der Waals surface area contributed by atoms with Crippen molar-refractivity contribution < 1.29 is 13.2 Å². The zero-order chi connectivity index (χ0) is 27.7. The lowest BCUT2D eigenvalue weighted by molar-refractivity contribution is -0.139. The Hall–Kier alpha value is -4.37. The smallest absolute Gasteiger partial charge is 0.382 e. The maximum atomic E-state index is 12.0. The number of hydrogen-bond donors (Lipinski definition) is 2. The van der Waals surface area contributed by atoms with E-state index >= 15 is 0 Å². The molecule has 0 aliphatic heterocycles. The molecule has 2 heterocycles. The van der Waals surface area contributed by atoms with E-state index in [0.717, 1.165) is 30.5 Å². The van der Waals surface area contributed by atoms with Gasteiger partial charge in [0.25, 0.3) is 0 Å². The van der Waals surface area contributed by atoms with E-state index in [1.54, 1.807) is 12.4 Å². The van der Waals surface area contributed by atoms with Crippen LogP contribution in [0.4, 0.5) is 24.8 Å². The van der Waals surface area contributed by atoms with Crippen molar-refractivity contribution in [1.29, 1.82) is 0 Å². The fourth-order valence-electron chi connectivity index (χ4n) is 3.84. The number of benzene rings is 3. The Morgan fingerprint density at radius 1 is 0.667 bits per heavy atom. The van der Waals surface area contributed by atoms with Crippen LogP contribution < -0.4 is 10.6 Å². The van der Waals surface area contributed by atoms with Crippen LogP contribution in [0, 0.1) is 0 Å². The van der Waals surface area contributed by atoms with Gasteiger partial charge in [-0.1, -0.05) is 72.8 Å². The summed E-state index contributed by atoms with van der Waals surface area (Å²) < 4.78 is 36.0. The van der Waals surface area contributed by atoms with Crippen molar-refractivity contribution >= 4 is 24.3 Å². The average molecular weight is 546 g/mol. The standard InChI is InChI=1S/C23H21N5.C7H5F3S/c24-23-22(26-14-15-27-23)20-11-9-19(10-12-20)17-28(21-8-4-5-13-25-21)16-18-6-2-1-3-7-18;8-7(9,10)5-3-1-2-4-6(5)11/h1-15H,16-17H2,(H2,24,27);1-4,11H. The second kappa shape index (κ2) is 12.9. The fourth-order valence-corrected chi connectivity index (χ4v) is 4.12. The summed E-state index contributed by atoms with van der Waals surface area (Å²) in [6.07, 6.45) is 0.787. The Morgan fingerprint density at radius 2 is 1.28 bits per heavy atom. The zero-order valence-corrected chi connectivity index (χ0v) is 21.7. The van der Waals surface area contributed by atoms with Crippen molar-refractivity contribution in [3.05, 3.63) is 132 Å². The third-order valence-corrected chi connectivity index (χ3v) is 6.12. The molecule has 5 rings (SSSR count).